The van der Waals surface area contributed by atoms with Crippen LogP contribution in [0.5, 0.6) is 0 Å². The van der Waals surface area contributed by atoms with E-state index in [0.717, 1.165) is 12.1 Å². The molecule has 86 valence electrons. The van der Waals surface area contributed by atoms with Gasteiger partial charge in [-0.1, -0.05) is 6.07 Å². The van der Waals surface area contributed by atoms with Crippen LogP contribution in [0.25, 0.3) is 0 Å². The van der Waals surface area contributed by atoms with E-state index in [9.17, 15) is 4.79 Å². The largest absolute Gasteiger partial charge is 0.477 e. The van der Waals surface area contributed by atoms with Crippen LogP contribution in [0.2, 0.25) is 0 Å². The Bertz CT molecular complexity index is 392. The minimum Gasteiger partial charge on any atom is -0.477 e. The lowest BCUT2D eigenvalue weighted by Gasteiger charge is -2.21. The van der Waals surface area contributed by atoms with Gasteiger partial charge in [0, 0.05) is 18.8 Å². The summed E-state index contributed by atoms with van der Waals surface area (Å²) in [5.41, 5.74) is 0.991. The third-order valence-electron chi connectivity index (χ3n) is 3.16. The molecule has 2 heterocycles. The zero-order valence-corrected chi connectivity index (χ0v) is 9.39. The van der Waals surface area contributed by atoms with Gasteiger partial charge in [0.1, 0.15) is 0 Å². The lowest BCUT2D eigenvalue weighted by Crippen LogP contribution is -2.27. The highest BCUT2D eigenvalue weighted by atomic mass is 16.4. The molecule has 0 aromatic carbocycles. The molecule has 4 nitrogen and oxygen atoms in total. The Morgan fingerprint density at radius 1 is 1.69 bits per heavy atom. The first-order chi connectivity index (χ1) is 7.68. The Morgan fingerprint density at radius 3 is 3.12 bits per heavy atom. The molecule has 0 aliphatic carbocycles. The maximum atomic E-state index is 11.0. The van der Waals surface area contributed by atoms with Crippen molar-refractivity contribution >= 4 is 5.97 Å². The predicted octanol–water partition coefficient (Wildman–Crippen LogP) is 1.76. The van der Waals surface area contributed by atoms with Crippen molar-refractivity contribution in [2.24, 2.45) is 0 Å². The smallest absolute Gasteiger partial charge is 0.354 e. The zero-order chi connectivity index (χ0) is 11.5. The minimum atomic E-state index is -0.942. The number of aromatic carboxylic acids is 1. The third-order valence-corrected chi connectivity index (χ3v) is 3.16. The van der Waals surface area contributed by atoms with E-state index < -0.39 is 5.97 Å². The predicted molar refractivity (Wildman–Crippen MR) is 60.3 cm³/mol. The molecule has 2 rings (SSSR count). The van der Waals surface area contributed by atoms with Gasteiger partial charge in [0.25, 0.3) is 0 Å². The van der Waals surface area contributed by atoms with Crippen molar-refractivity contribution < 1.29 is 9.90 Å². The van der Waals surface area contributed by atoms with Crippen LogP contribution in [0.15, 0.2) is 18.3 Å². The third kappa shape index (κ3) is 2.22. The average molecular weight is 220 g/mol. The van der Waals surface area contributed by atoms with E-state index in [0.29, 0.717) is 12.6 Å². The summed E-state index contributed by atoms with van der Waals surface area (Å²) in [6.45, 7) is 3.93. The van der Waals surface area contributed by atoms with Crippen molar-refractivity contribution in [3.05, 3.63) is 29.6 Å². The summed E-state index contributed by atoms with van der Waals surface area (Å²) in [4.78, 5) is 17.2. The maximum absolute atomic E-state index is 11.0. The lowest BCUT2D eigenvalue weighted by molar-refractivity contribution is 0.0687. The summed E-state index contributed by atoms with van der Waals surface area (Å²) in [7, 11) is 0. The van der Waals surface area contributed by atoms with Gasteiger partial charge in [0.15, 0.2) is 5.69 Å². The number of rotatable bonds is 3. The molecule has 1 aliphatic rings. The monoisotopic (exact) mass is 220 g/mol. The van der Waals surface area contributed by atoms with Gasteiger partial charge in [-0.2, -0.15) is 0 Å². The van der Waals surface area contributed by atoms with Crippen LogP contribution in [-0.2, 0) is 6.54 Å². The molecule has 0 spiro atoms. The topological polar surface area (TPSA) is 53.4 Å². The zero-order valence-electron chi connectivity index (χ0n) is 9.39. The normalized spacial score (nSPS) is 21.2. The summed E-state index contributed by atoms with van der Waals surface area (Å²) in [5.74, 6) is -0.942. The Hall–Kier alpha value is -1.42. The Morgan fingerprint density at radius 2 is 2.50 bits per heavy atom. The molecule has 1 aromatic rings. The minimum absolute atomic E-state index is 0.182. The van der Waals surface area contributed by atoms with Gasteiger partial charge in [-0.05, 0) is 37.9 Å². The van der Waals surface area contributed by atoms with Crippen LogP contribution in [-0.4, -0.2) is 33.5 Å². The molecule has 0 bridgehead atoms. The molecule has 0 radical (unpaired) electrons. The number of carbonyl (C=O) groups is 1. The summed E-state index contributed by atoms with van der Waals surface area (Å²) in [5, 5.41) is 9.02. The SMILES string of the molecule is CC1CCCN1Cc1cccnc1C(=O)O. The van der Waals surface area contributed by atoms with Gasteiger partial charge < -0.3 is 5.11 Å². The van der Waals surface area contributed by atoms with Crippen molar-refractivity contribution in [1.29, 1.82) is 0 Å². The highest BCUT2D eigenvalue weighted by Crippen LogP contribution is 2.20. The van der Waals surface area contributed by atoms with Crippen molar-refractivity contribution in [2.45, 2.75) is 32.4 Å². The molecule has 4 heteroatoms. The first-order valence-electron chi connectivity index (χ1n) is 5.59. The first kappa shape index (κ1) is 11.1. The first-order valence-corrected chi connectivity index (χ1v) is 5.59. The van der Waals surface area contributed by atoms with E-state index >= 15 is 0 Å². The van der Waals surface area contributed by atoms with E-state index in [2.05, 4.69) is 16.8 Å². The Kier molecular flexibility index (Phi) is 3.19. The van der Waals surface area contributed by atoms with Crippen LogP contribution in [0.3, 0.4) is 0 Å². The summed E-state index contributed by atoms with van der Waals surface area (Å²) in [6, 6.07) is 4.19. The quantitative estimate of drug-likeness (QED) is 0.843. The summed E-state index contributed by atoms with van der Waals surface area (Å²) >= 11 is 0. The molecule has 0 amide bonds. The molecule has 1 saturated heterocycles. The molecule has 1 atom stereocenters. The van der Waals surface area contributed by atoms with E-state index in [-0.39, 0.29) is 5.69 Å². The van der Waals surface area contributed by atoms with Crippen LogP contribution in [0, 0.1) is 0 Å². The number of aromatic nitrogens is 1. The molecular weight excluding hydrogens is 204 g/mol. The number of nitrogens with zero attached hydrogens (tertiary/aromatic N) is 2. The van der Waals surface area contributed by atoms with Gasteiger partial charge in [-0.25, -0.2) is 9.78 Å². The van der Waals surface area contributed by atoms with E-state index in [4.69, 9.17) is 5.11 Å². The fourth-order valence-corrected chi connectivity index (χ4v) is 2.21. The van der Waals surface area contributed by atoms with Gasteiger partial charge >= 0.3 is 5.97 Å². The highest BCUT2D eigenvalue weighted by molar-refractivity contribution is 5.86. The molecule has 16 heavy (non-hydrogen) atoms. The number of carboxylic acids is 1. The number of carboxylic acid groups (broad SMARTS) is 1. The number of likely N-dealkylation sites (tertiary alicyclic amines) is 1. The second kappa shape index (κ2) is 4.61. The molecule has 0 saturated carbocycles. The van der Waals surface area contributed by atoms with Crippen molar-refractivity contribution in [3.8, 4) is 0 Å². The van der Waals surface area contributed by atoms with Crippen LogP contribution in [0.4, 0.5) is 0 Å². The Balaban J connectivity index is 2.17. The summed E-state index contributed by atoms with van der Waals surface area (Å²) in [6.07, 6.45) is 3.92. The number of pyridine rings is 1. The van der Waals surface area contributed by atoms with Crippen molar-refractivity contribution in [2.75, 3.05) is 6.54 Å². The van der Waals surface area contributed by atoms with Crippen molar-refractivity contribution in [1.82, 2.24) is 9.88 Å². The average Bonchev–Trinajstić information content (AvgIpc) is 2.65. The molecule has 1 fully saturated rings. The lowest BCUT2D eigenvalue weighted by atomic mass is 10.1. The van der Waals surface area contributed by atoms with Crippen LogP contribution in [0.1, 0.15) is 35.8 Å². The molecule has 1 N–H and O–H groups in total. The fraction of sp³-hybridized carbons (Fsp3) is 0.500. The Labute approximate surface area is 94.9 Å². The maximum Gasteiger partial charge on any atom is 0.354 e. The fourth-order valence-electron chi connectivity index (χ4n) is 2.21. The second-order valence-electron chi connectivity index (χ2n) is 4.28. The second-order valence-corrected chi connectivity index (χ2v) is 4.28. The summed E-state index contributed by atoms with van der Waals surface area (Å²) < 4.78 is 0. The van der Waals surface area contributed by atoms with Crippen LogP contribution < -0.4 is 0 Å². The standard InChI is InChI=1S/C12H16N2O2/c1-9-4-3-7-14(9)8-10-5-2-6-13-11(10)12(15)16/h2,5-6,9H,3-4,7-8H2,1H3,(H,15,16). The van der Waals surface area contributed by atoms with E-state index in [1.165, 1.54) is 19.0 Å². The van der Waals surface area contributed by atoms with Gasteiger partial charge in [0.2, 0.25) is 0 Å². The van der Waals surface area contributed by atoms with E-state index in [1.807, 2.05) is 6.07 Å². The molecular formula is C12H16N2O2. The van der Waals surface area contributed by atoms with Crippen molar-refractivity contribution in [3.63, 3.8) is 0 Å². The molecule has 1 unspecified atom stereocenters. The molecule has 1 aromatic heterocycles. The van der Waals surface area contributed by atoms with E-state index in [1.54, 1.807) is 6.07 Å². The highest BCUT2D eigenvalue weighted by Gasteiger charge is 2.22. The van der Waals surface area contributed by atoms with Crippen LogP contribution >= 0.6 is 0 Å². The van der Waals surface area contributed by atoms with Gasteiger partial charge in [-0.15, -0.1) is 0 Å². The van der Waals surface area contributed by atoms with Gasteiger partial charge in [0.05, 0.1) is 0 Å². The van der Waals surface area contributed by atoms with Gasteiger partial charge in [-0.3, -0.25) is 4.90 Å². The molecule has 1 aliphatic heterocycles. The number of hydrogen-bond donors (Lipinski definition) is 1. The number of hydrogen-bond acceptors (Lipinski definition) is 3.